The molecule has 0 aliphatic carbocycles. The number of hydrogen-bond acceptors (Lipinski definition) is 3. The molecule has 1 fully saturated rings. The number of rotatable bonds is 5. The Labute approximate surface area is 126 Å². The van der Waals surface area contributed by atoms with E-state index in [2.05, 4.69) is 0 Å². The van der Waals surface area contributed by atoms with Gasteiger partial charge in [-0.05, 0) is 37.0 Å². The third kappa shape index (κ3) is 4.74. The molecule has 2 rings (SSSR count). The minimum absolute atomic E-state index is 0.0644. The first-order chi connectivity index (χ1) is 10.2. The van der Waals surface area contributed by atoms with Crippen LogP contribution in [0.1, 0.15) is 50.7 Å². The van der Waals surface area contributed by atoms with Gasteiger partial charge in [0.05, 0.1) is 6.10 Å². The Bertz CT molecular complexity index is 436. The molecule has 1 aliphatic rings. The molecule has 116 valence electrons. The lowest BCUT2D eigenvalue weighted by Gasteiger charge is -2.20. The van der Waals surface area contributed by atoms with Crippen molar-refractivity contribution in [2.45, 2.75) is 45.1 Å². The van der Waals surface area contributed by atoms with Crippen molar-refractivity contribution in [3.05, 3.63) is 29.8 Å². The van der Waals surface area contributed by atoms with Crippen molar-refractivity contribution >= 4 is 5.91 Å². The Morgan fingerprint density at radius 3 is 2.38 bits per heavy atom. The highest BCUT2D eigenvalue weighted by Gasteiger charge is 2.15. The number of ether oxygens (including phenoxy) is 1. The largest absolute Gasteiger partial charge is 0.484 e. The SMILES string of the molecule is CC[C@@H](O)c1ccc(OCC(=O)N2CCCCCC2)cc1. The van der Waals surface area contributed by atoms with Crippen molar-refractivity contribution in [1.82, 2.24) is 4.90 Å². The molecule has 0 aromatic heterocycles. The monoisotopic (exact) mass is 291 g/mol. The van der Waals surface area contributed by atoms with Gasteiger partial charge in [-0.15, -0.1) is 0 Å². The standard InChI is InChI=1S/C17H25NO3/c1-2-16(19)14-7-9-15(10-8-14)21-13-17(20)18-11-5-3-4-6-12-18/h7-10,16,19H,2-6,11-13H2,1H3/t16-/m1/s1. The number of carbonyl (C=O) groups excluding carboxylic acids is 1. The van der Waals surface area contributed by atoms with Gasteiger partial charge in [0.25, 0.3) is 5.91 Å². The Kier molecular flexibility index (Phi) is 6.05. The minimum atomic E-state index is -0.433. The van der Waals surface area contributed by atoms with Crippen LogP contribution in [0.3, 0.4) is 0 Å². The summed E-state index contributed by atoms with van der Waals surface area (Å²) in [5, 5.41) is 9.73. The van der Waals surface area contributed by atoms with Crippen LogP contribution in [0.25, 0.3) is 0 Å². The lowest BCUT2D eigenvalue weighted by Crippen LogP contribution is -2.35. The van der Waals surface area contributed by atoms with E-state index >= 15 is 0 Å². The van der Waals surface area contributed by atoms with Crippen LogP contribution in [0.5, 0.6) is 5.75 Å². The Morgan fingerprint density at radius 1 is 1.19 bits per heavy atom. The molecule has 1 N–H and O–H groups in total. The van der Waals surface area contributed by atoms with E-state index in [-0.39, 0.29) is 12.5 Å². The van der Waals surface area contributed by atoms with Gasteiger partial charge >= 0.3 is 0 Å². The predicted octanol–water partition coefficient (Wildman–Crippen LogP) is 2.91. The second-order valence-corrected chi connectivity index (χ2v) is 5.58. The second-order valence-electron chi connectivity index (χ2n) is 5.58. The molecule has 1 aromatic carbocycles. The Hall–Kier alpha value is -1.55. The van der Waals surface area contributed by atoms with Gasteiger partial charge in [0.1, 0.15) is 5.75 Å². The molecular formula is C17H25NO3. The van der Waals surface area contributed by atoms with Gasteiger partial charge in [-0.3, -0.25) is 4.79 Å². The molecule has 0 saturated carbocycles. The van der Waals surface area contributed by atoms with E-state index in [9.17, 15) is 9.90 Å². The fraction of sp³-hybridized carbons (Fsp3) is 0.588. The van der Waals surface area contributed by atoms with E-state index in [4.69, 9.17) is 4.74 Å². The summed E-state index contributed by atoms with van der Waals surface area (Å²) in [5.41, 5.74) is 0.878. The van der Waals surface area contributed by atoms with Crippen LogP contribution in [0.15, 0.2) is 24.3 Å². The molecule has 0 bridgehead atoms. The molecule has 1 saturated heterocycles. The van der Waals surface area contributed by atoms with E-state index in [1.807, 2.05) is 36.1 Å². The highest BCUT2D eigenvalue weighted by Crippen LogP contribution is 2.20. The third-order valence-electron chi connectivity index (χ3n) is 3.97. The number of benzene rings is 1. The first-order valence-corrected chi connectivity index (χ1v) is 7.89. The zero-order valence-corrected chi connectivity index (χ0v) is 12.8. The van der Waals surface area contributed by atoms with Gasteiger partial charge in [0.15, 0.2) is 6.61 Å². The topological polar surface area (TPSA) is 49.8 Å². The average molecular weight is 291 g/mol. The maximum absolute atomic E-state index is 12.1. The van der Waals surface area contributed by atoms with Gasteiger partial charge in [-0.25, -0.2) is 0 Å². The third-order valence-corrected chi connectivity index (χ3v) is 3.97. The van der Waals surface area contributed by atoms with Crippen LogP contribution in [0, 0.1) is 0 Å². The van der Waals surface area contributed by atoms with Crippen molar-refractivity contribution in [3.63, 3.8) is 0 Å². The summed E-state index contributed by atoms with van der Waals surface area (Å²) in [6, 6.07) is 7.31. The van der Waals surface area contributed by atoms with Crippen LogP contribution in [-0.4, -0.2) is 35.6 Å². The number of nitrogens with zero attached hydrogens (tertiary/aromatic N) is 1. The number of hydrogen-bond donors (Lipinski definition) is 1. The number of aliphatic hydroxyl groups is 1. The molecule has 0 unspecified atom stereocenters. The van der Waals surface area contributed by atoms with Crippen LogP contribution < -0.4 is 4.74 Å². The molecule has 21 heavy (non-hydrogen) atoms. The quantitative estimate of drug-likeness (QED) is 0.907. The van der Waals surface area contributed by atoms with E-state index in [0.717, 1.165) is 31.5 Å². The molecule has 1 aliphatic heterocycles. The van der Waals surface area contributed by atoms with Gasteiger partial charge in [0, 0.05) is 13.1 Å². The maximum atomic E-state index is 12.1. The predicted molar refractivity (Wildman–Crippen MR) is 82.2 cm³/mol. The van der Waals surface area contributed by atoms with Gasteiger partial charge in [0.2, 0.25) is 0 Å². The normalized spacial score (nSPS) is 17.1. The first kappa shape index (κ1) is 15.8. The van der Waals surface area contributed by atoms with Crippen molar-refractivity contribution in [2.24, 2.45) is 0 Å². The molecule has 1 atom stereocenters. The Balaban J connectivity index is 1.83. The molecule has 4 heteroatoms. The Morgan fingerprint density at radius 2 is 1.81 bits per heavy atom. The van der Waals surface area contributed by atoms with Crippen molar-refractivity contribution < 1.29 is 14.6 Å². The number of amides is 1. The van der Waals surface area contributed by atoms with Crippen LogP contribution in [0.2, 0.25) is 0 Å². The fourth-order valence-electron chi connectivity index (χ4n) is 2.58. The summed E-state index contributed by atoms with van der Waals surface area (Å²) in [4.78, 5) is 14.0. The van der Waals surface area contributed by atoms with Crippen LogP contribution in [-0.2, 0) is 4.79 Å². The fourth-order valence-corrected chi connectivity index (χ4v) is 2.58. The van der Waals surface area contributed by atoms with E-state index in [1.165, 1.54) is 12.8 Å². The molecular weight excluding hydrogens is 266 g/mol. The molecule has 1 heterocycles. The van der Waals surface area contributed by atoms with Crippen molar-refractivity contribution in [1.29, 1.82) is 0 Å². The summed E-state index contributed by atoms with van der Waals surface area (Å²) in [6.07, 6.45) is 4.87. The van der Waals surface area contributed by atoms with Gasteiger partial charge in [-0.2, -0.15) is 0 Å². The van der Waals surface area contributed by atoms with E-state index in [1.54, 1.807) is 0 Å². The molecule has 1 amide bonds. The smallest absolute Gasteiger partial charge is 0.260 e. The average Bonchev–Trinajstić information content (AvgIpc) is 2.81. The highest BCUT2D eigenvalue weighted by molar-refractivity contribution is 5.77. The highest BCUT2D eigenvalue weighted by atomic mass is 16.5. The summed E-state index contributed by atoms with van der Waals surface area (Å²) in [5.74, 6) is 0.736. The summed E-state index contributed by atoms with van der Waals surface area (Å²) in [6.45, 7) is 3.73. The van der Waals surface area contributed by atoms with Gasteiger partial charge < -0.3 is 14.7 Å². The van der Waals surface area contributed by atoms with Crippen LogP contribution in [0.4, 0.5) is 0 Å². The van der Waals surface area contributed by atoms with Crippen molar-refractivity contribution in [2.75, 3.05) is 19.7 Å². The lowest BCUT2D eigenvalue weighted by atomic mass is 10.1. The molecule has 0 radical (unpaired) electrons. The number of carbonyl (C=O) groups is 1. The van der Waals surface area contributed by atoms with Crippen molar-refractivity contribution in [3.8, 4) is 5.75 Å². The lowest BCUT2D eigenvalue weighted by molar-refractivity contribution is -0.133. The maximum Gasteiger partial charge on any atom is 0.260 e. The molecule has 1 aromatic rings. The van der Waals surface area contributed by atoms with Crippen LogP contribution >= 0.6 is 0 Å². The molecule has 4 nitrogen and oxygen atoms in total. The molecule has 0 spiro atoms. The summed E-state index contributed by atoms with van der Waals surface area (Å²) >= 11 is 0. The summed E-state index contributed by atoms with van der Waals surface area (Å²) < 4.78 is 5.56. The summed E-state index contributed by atoms with van der Waals surface area (Å²) in [7, 11) is 0. The van der Waals surface area contributed by atoms with E-state index in [0.29, 0.717) is 12.2 Å². The zero-order chi connectivity index (χ0) is 15.1. The van der Waals surface area contributed by atoms with E-state index < -0.39 is 6.10 Å². The van der Waals surface area contributed by atoms with Gasteiger partial charge in [-0.1, -0.05) is 31.9 Å². The number of likely N-dealkylation sites (tertiary alicyclic amines) is 1. The second kappa shape index (κ2) is 8.03. The minimum Gasteiger partial charge on any atom is -0.484 e. The zero-order valence-electron chi connectivity index (χ0n) is 12.8. The first-order valence-electron chi connectivity index (χ1n) is 7.89. The number of aliphatic hydroxyl groups excluding tert-OH is 1.